The summed E-state index contributed by atoms with van der Waals surface area (Å²) in [6.07, 6.45) is -5.75. The normalized spacial score (nSPS) is 14.7. The van der Waals surface area contributed by atoms with E-state index in [4.69, 9.17) is 5.73 Å². The monoisotopic (exact) mass is 397 g/mol. The summed E-state index contributed by atoms with van der Waals surface area (Å²) in [5.41, 5.74) is 4.49. The van der Waals surface area contributed by atoms with Crippen LogP contribution in [0.2, 0.25) is 0 Å². The van der Waals surface area contributed by atoms with Gasteiger partial charge >= 0.3 is 12.1 Å². The smallest absolute Gasteiger partial charge is 0.455 e. The molecule has 3 N–H and O–H groups in total. The van der Waals surface area contributed by atoms with E-state index in [9.17, 15) is 27.1 Å². The van der Waals surface area contributed by atoms with E-state index >= 15 is 0 Å². The molecule has 0 aliphatic carbocycles. The number of halogens is 7. The van der Waals surface area contributed by atoms with E-state index in [-0.39, 0.29) is 14.7 Å². The fraction of sp³-hybridized carbons (Fsp3) is 0.333. The summed E-state index contributed by atoms with van der Waals surface area (Å²) in [4.78, 5) is 0. The van der Waals surface area contributed by atoms with Gasteiger partial charge in [0.05, 0.1) is 8.95 Å². The van der Waals surface area contributed by atoms with Gasteiger partial charge in [0.1, 0.15) is 11.8 Å². The third-order valence-electron chi connectivity index (χ3n) is 2.17. The molecule has 0 amide bonds. The average Bonchev–Trinajstić information content (AvgIpc) is 2.22. The molecule has 0 bridgehead atoms. The van der Waals surface area contributed by atoms with Crippen molar-refractivity contribution in [3.63, 3.8) is 0 Å². The molecule has 0 saturated heterocycles. The molecule has 0 unspecified atom stereocenters. The van der Waals surface area contributed by atoms with Crippen molar-refractivity contribution in [3.8, 4) is 5.75 Å². The van der Waals surface area contributed by atoms with Gasteiger partial charge < -0.3 is 10.8 Å². The molecule has 0 aliphatic rings. The molecular formula is C9H6Br2F5NO. The zero-order valence-electron chi connectivity index (χ0n) is 8.40. The molecule has 1 aromatic rings. The van der Waals surface area contributed by atoms with Gasteiger partial charge in [0.25, 0.3) is 0 Å². The van der Waals surface area contributed by atoms with Crippen LogP contribution in [0, 0.1) is 0 Å². The summed E-state index contributed by atoms with van der Waals surface area (Å²) in [5, 5.41) is 9.33. The Kier molecular flexibility index (Phi) is 4.29. The van der Waals surface area contributed by atoms with Crippen LogP contribution in [0.4, 0.5) is 22.0 Å². The summed E-state index contributed by atoms with van der Waals surface area (Å²) < 4.78 is 62.4. The van der Waals surface area contributed by atoms with E-state index in [0.717, 1.165) is 12.1 Å². The van der Waals surface area contributed by atoms with Crippen molar-refractivity contribution in [2.24, 2.45) is 5.73 Å². The van der Waals surface area contributed by atoms with Crippen LogP contribution in [0.5, 0.6) is 5.75 Å². The minimum absolute atomic E-state index is 0.0414. The third-order valence-corrected chi connectivity index (χ3v) is 3.38. The summed E-state index contributed by atoms with van der Waals surface area (Å²) in [7, 11) is 0. The molecule has 2 nitrogen and oxygen atoms in total. The second kappa shape index (κ2) is 4.93. The average molecular weight is 399 g/mol. The standard InChI is InChI=1S/C9H6Br2F5NO/c10-4-1-3(2-5(11)6(4)18)7(17)8(12,13)9(14,15)16/h1-2,7,18H,17H2/t7-/m0/s1. The molecular weight excluding hydrogens is 393 g/mol. The summed E-state index contributed by atoms with van der Waals surface area (Å²) in [6, 6.07) is -0.750. The maximum atomic E-state index is 13.0. The molecule has 1 aromatic carbocycles. The SMILES string of the molecule is N[C@@H](c1cc(Br)c(O)c(Br)c1)C(F)(F)C(F)(F)F. The zero-order valence-corrected chi connectivity index (χ0v) is 11.6. The minimum Gasteiger partial charge on any atom is -0.506 e. The van der Waals surface area contributed by atoms with E-state index in [2.05, 4.69) is 31.9 Å². The number of benzene rings is 1. The van der Waals surface area contributed by atoms with Gasteiger partial charge in [0.15, 0.2) is 0 Å². The highest BCUT2D eigenvalue weighted by Crippen LogP contribution is 2.45. The highest BCUT2D eigenvalue weighted by molar-refractivity contribution is 9.11. The molecule has 0 aliphatic heterocycles. The molecule has 9 heteroatoms. The number of phenols is 1. The van der Waals surface area contributed by atoms with Crippen molar-refractivity contribution in [1.82, 2.24) is 0 Å². The molecule has 1 rings (SSSR count). The summed E-state index contributed by atoms with van der Waals surface area (Å²) >= 11 is 5.64. The van der Waals surface area contributed by atoms with E-state index < -0.39 is 23.7 Å². The number of rotatable bonds is 2. The molecule has 0 fully saturated rings. The number of aromatic hydroxyl groups is 1. The van der Waals surface area contributed by atoms with Gasteiger partial charge in [-0.2, -0.15) is 22.0 Å². The second-order valence-electron chi connectivity index (χ2n) is 3.43. The van der Waals surface area contributed by atoms with Gasteiger partial charge in [-0.15, -0.1) is 0 Å². The van der Waals surface area contributed by atoms with Gasteiger partial charge in [-0.25, -0.2) is 0 Å². The van der Waals surface area contributed by atoms with Gasteiger partial charge in [-0.1, -0.05) is 0 Å². The molecule has 1 atom stereocenters. The van der Waals surface area contributed by atoms with Crippen LogP contribution in [0.15, 0.2) is 21.1 Å². The Hall–Kier alpha value is -0.410. The molecule has 18 heavy (non-hydrogen) atoms. The van der Waals surface area contributed by atoms with E-state index in [1.54, 1.807) is 0 Å². The number of hydrogen-bond acceptors (Lipinski definition) is 2. The molecule has 0 saturated carbocycles. The third kappa shape index (κ3) is 2.77. The lowest BCUT2D eigenvalue weighted by Crippen LogP contribution is -2.45. The first kappa shape index (κ1) is 15.6. The number of alkyl halides is 5. The Balaban J connectivity index is 3.24. The first-order valence-corrected chi connectivity index (χ1v) is 5.95. The van der Waals surface area contributed by atoms with E-state index in [1.807, 2.05) is 0 Å². The van der Waals surface area contributed by atoms with Crippen LogP contribution in [0.25, 0.3) is 0 Å². The highest BCUT2D eigenvalue weighted by Gasteiger charge is 2.61. The molecule has 0 spiro atoms. The quantitative estimate of drug-likeness (QED) is 0.736. The van der Waals surface area contributed by atoms with Crippen molar-refractivity contribution in [2.75, 3.05) is 0 Å². The van der Waals surface area contributed by atoms with Crippen LogP contribution in [0.3, 0.4) is 0 Å². The topological polar surface area (TPSA) is 46.2 Å². The predicted molar refractivity (Wildman–Crippen MR) is 61.4 cm³/mol. The maximum Gasteiger partial charge on any atom is 0.455 e. The lowest BCUT2D eigenvalue weighted by Gasteiger charge is -2.26. The van der Waals surface area contributed by atoms with Gasteiger partial charge in [0, 0.05) is 0 Å². The number of phenolic OH excluding ortho intramolecular Hbond substituents is 1. The van der Waals surface area contributed by atoms with E-state index in [0.29, 0.717) is 0 Å². The lowest BCUT2D eigenvalue weighted by atomic mass is 10.0. The van der Waals surface area contributed by atoms with Crippen molar-refractivity contribution in [2.45, 2.75) is 18.1 Å². The van der Waals surface area contributed by atoms with Gasteiger partial charge in [-0.3, -0.25) is 0 Å². The van der Waals surface area contributed by atoms with Gasteiger partial charge in [0.2, 0.25) is 0 Å². The second-order valence-corrected chi connectivity index (χ2v) is 5.14. The number of hydrogen-bond donors (Lipinski definition) is 2. The van der Waals surface area contributed by atoms with E-state index in [1.165, 1.54) is 0 Å². The molecule has 0 aromatic heterocycles. The zero-order chi connectivity index (χ0) is 14.3. The summed E-state index contributed by atoms with van der Waals surface area (Å²) in [5.74, 6) is -5.38. The predicted octanol–water partition coefficient (Wildman–Crippen LogP) is 4.11. The first-order valence-electron chi connectivity index (χ1n) is 4.36. The van der Waals surface area contributed by atoms with Crippen molar-refractivity contribution < 1.29 is 27.1 Å². The fourth-order valence-corrected chi connectivity index (χ4v) is 2.37. The highest BCUT2D eigenvalue weighted by atomic mass is 79.9. The Bertz CT molecular complexity index is 440. The van der Waals surface area contributed by atoms with Crippen molar-refractivity contribution in [3.05, 3.63) is 26.6 Å². The Morgan fingerprint density at radius 3 is 1.78 bits per heavy atom. The summed E-state index contributed by atoms with van der Waals surface area (Å²) in [6.45, 7) is 0. The number of nitrogens with two attached hydrogens (primary N) is 1. The Morgan fingerprint density at radius 2 is 1.44 bits per heavy atom. The first-order chi connectivity index (χ1) is 7.98. The Labute approximate surface area is 115 Å². The van der Waals surface area contributed by atoms with Crippen molar-refractivity contribution >= 4 is 31.9 Å². The van der Waals surface area contributed by atoms with Gasteiger partial charge in [-0.05, 0) is 49.6 Å². The molecule has 102 valence electrons. The van der Waals surface area contributed by atoms with Crippen LogP contribution in [-0.4, -0.2) is 17.2 Å². The largest absolute Gasteiger partial charge is 0.506 e. The van der Waals surface area contributed by atoms with Crippen molar-refractivity contribution in [1.29, 1.82) is 0 Å². The van der Waals surface area contributed by atoms with Crippen LogP contribution in [0.1, 0.15) is 11.6 Å². The fourth-order valence-electron chi connectivity index (χ4n) is 1.15. The van der Waals surface area contributed by atoms with Crippen LogP contribution in [-0.2, 0) is 0 Å². The van der Waals surface area contributed by atoms with Crippen LogP contribution < -0.4 is 5.73 Å². The Morgan fingerprint density at radius 1 is 1.06 bits per heavy atom. The minimum atomic E-state index is -5.75. The molecule has 0 heterocycles. The lowest BCUT2D eigenvalue weighted by molar-refractivity contribution is -0.291. The van der Waals surface area contributed by atoms with Crippen LogP contribution >= 0.6 is 31.9 Å². The maximum absolute atomic E-state index is 13.0. The molecule has 0 radical (unpaired) electrons.